The summed E-state index contributed by atoms with van der Waals surface area (Å²) in [5.41, 5.74) is 2.41. The molecule has 7 heteroatoms. The first-order chi connectivity index (χ1) is 15.0. The zero-order valence-corrected chi connectivity index (χ0v) is 17.8. The van der Waals surface area contributed by atoms with Crippen LogP contribution in [0.3, 0.4) is 0 Å². The lowest BCUT2D eigenvalue weighted by Gasteiger charge is -2.46. The average Bonchev–Trinajstić information content (AvgIpc) is 2.77. The number of hydrogen-bond donors (Lipinski definition) is 0. The molecule has 0 saturated carbocycles. The quantitative estimate of drug-likeness (QED) is 0.693. The fraction of sp³-hybridized carbons (Fsp3) is 0.500. The first-order valence-electron chi connectivity index (χ1n) is 11.1. The molecule has 31 heavy (non-hydrogen) atoms. The van der Waals surface area contributed by atoms with Crippen LogP contribution >= 0.6 is 0 Å². The standard InChI is InChI=1S/C24H31F3N4/c25-24(26,27)23(30-15-11-28(12-16-30)19-21-7-3-1-4-8-21)31-17-13-29(14-18-31)20-22-9-5-2-6-10-22/h1-10,23H,11-20H2. The summed E-state index contributed by atoms with van der Waals surface area (Å²) in [4.78, 5) is 7.76. The normalized spacial score (nSPS) is 20.4. The molecule has 2 aliphatic heterocycles. The van der Waals surface area contributed by atoms with E-state index < -0.39 is 12.3 Å². The molecule has 0 radical (unpaired) electrons. The maximum atomic E-state index is 14.1. The molecule has 2 saturated heterocycles. The van der Waals surface area contributed by atoms with Crippen molar-refractivity contribution < 1.29 is 13.2 Å². The van der Waals surface area contributed by atoms with Gasteiger partial charge in [-0.3, -0.25) is 19.6 Å². The molecule has 2 aromatic rings. The van der Waals surface area contributed by atoms with Gasteiger partial charge in [-0.1, -0.05) is 60.7 Å². The fourth-order valence-corrected chi connectivity index (χ4v) is 4.66. The molecule has 2 aromatic carbocycles. The van der Waals surface area contributed by atoms with Crippen molar-refractivity contribution in [2.45, 2.75) is 25.4 Å². The molecule has 0 bridgehead atoms. The van der Waals surface area contributed by atoms with Gasteiger partial charge in [-0.25, -0.2) is 0 Å². The number of rotatable bonds is 6. The molecule has 0 aliphatic carbocycles. The van der Waals surface area contributed by atoms with Gasteiger partial charge >= 0.3 is 6.18 Å². The molecule has 4 nitrogen and oxygen atoms in total. The lowest BCUT2D eigenvalue weighted by atomic mass is 10.1. The Kier molecular flexibility index (Phi) is 7.27. The summed E-state index contributed by atoms with van der Waals surface area (Å²) in [6, 6.07) is 20.3. The van der Waals surface area contributed by atoms with Gasteiger partial charge in [0.05, 0.1) is 0 Å². The molecule has 0 spiro atoms. The molecule has 0 N–H and O–H groups in total. The maximum Gasteiger partial charge on any atom is 0.417 e. The average molecular weight is 433 g/mol. The molecule has 0 aromatic heterocycles. The zero-order valence-electron chi connectivity index (χ0n) is 17.8. The first-order valence-corrected chi connectivity index (χ1v) is 11.1. The third kappa shape index (κ3) is 6.07. The Morgan fingerprint density at radius 2 is 0.935 bits per heavy atom. The number of hydrogen-bond acceptors (Lipinski definition) is 4. The Morgan fingerprint density at radius 3 is 1.26 bits per heavy atom. The van der Waals surface area contributed by atoms with Crippen molar-refractivity contribution in [3.05, 3.63) is 71.8 Å². The van der Waals surface area contributed by atoms with E-state index in [2.05, 4.69) is 34.1 Å². The van der Waals surface area contributed by atoms with Crippen LogP contribution in [0.2, 0.25) is 0 Å². The summed E-state index contributed by atoms with van der Waals surface area (Å²) in [5, 5.41) is 0. The van der Waals surface area contributed by atoms with Crippen molar-refractivity contribution in [2.24, 2.45) is 0 Å². The Bertz CT molecular complexity index is 722. The SMILES string of the molecule is FC(F)(F)C(N1CCN(Cc2ccccc2)CC1)N1CCN(Cc2ccccc2)CC1. The van der Waals surface area contributed by atoms with Crippen LogP contribution in [0.1, 0.15) is 11.1 Å². The monoisotopic (exact) mass is 432 g/mol. The van der Waals surface area contributed by atoms with Crippen LogP contribution in [-0.4, -0.2) is 84.3 Å². The van der Waals surface area contributed by atoms with Crippen LogP contribution in [0.25, 0.3) is 0 Å². The lowest BCUT2D eigenvalue weighted by Crippen LogP contribution is -2.64. The van der Waals surface area contributed by atoms with E-state index in [1.165, 1.54) is 11.1 Å². The Balaban J connectivity index is 1.31. The second-order valence-corrected chi connectivity index (χ2v) is 8.51. The number of nitrogens with zero attached hydrogens (tertiary/aromatic N) is 4. The van der Waals surface area contributed by atoms with E-state index in [-0.39, 0.29) is 0 Å². The minimum atomic E-state index is -4.25. The summed E-state index contributed by atoms with van der Waals surface area (Å²) in [6.45, 7) is 6.02. The number of halogens is 3. The van der Waals surface area contributed by atoms with E-state index in [0.29, 0.717) is 52.4 Å². The maximum absolute atomic E-state index is 14.1. The molecule has 0 atom stereocenters. The highest BCUT2D eigenvalue weighted by atomic mass is 19.4. The molecule has 2 heterocycles. The van der Waals surface area contributed by atoms with E-state index >= 15 is 0 Å². The third-order valence-electron chi connectivity index (χ3n) is 6.30. The third-order valence-corrected chi connectivity index (χ3v) is 6.30. The minimum absolute atomic E-state index is 0.446. The summed E-state index contributed by atoms with van der Waals surface area (Å²) in [5.74, 6) is 0. The first kappa shape index (κ1) is 22.3. The smallest absolute Gasteiger partial charge is 0.297 e. The molecular weight excluding hydrogens is 401 g/mol. The minimum Gasteiger partial charge on any atom is -0.297 e. The Morgan fingerprint density at radius 1 is 0.581 bits per heavy atom. The summed E-state index contributed by atoms with van der Waals surface area (Å²) < 4.78 is 42.2. The van der Waals surface area contributed by atoms with Crippen molar-refractivity contribution in [2.75, 3.05) is 52.4 Å². The molecule has 168 valence electrons. The summed E-state index contributed by atoms with van der Waals surface area (Å²) in [7, 11) is 0. The molecular formula is C24H31F3N4. The van der Waals surface area contributed by atoms with E-state index in [1.807, 2.05) is 36.4 Å². The van der Waals surface area contributed by atoms with E-state index in [4.69, 9.17) is 0 Å². The van der Waals surface area contributed by atoms with Gasteiger partial charge < -0.3 is 0 Å². The topological polar surface area (TPSA) is 13.0 Å². The molecule has 4 rings (SSSR count). The summed E-state index contributed by atoms with van der Waals surface area (Å²) in [6.07, 6.45) is -5.73. The van der Waals surface area contributed by atoms with Gasteiger partial charge in [-0.05, 0) is 11.1 Å². The van der Waals surface area contributed by atoms with E-state index in [9.17, 15) is 13.2 Å². The zero-order chi connectivity index (χ0) is 21.7. The van der Waals surface area contributed by atoms with Crippen LogP contribution in [0.5, 0.6) is 0 Å². The Labute approximate surface area is 182 Å². The predicted octanol–water partition coefficient (Wildman–Crippen LogP) is 3.51. The van der Waals surface area contributed by atoms with Crippen LogP contribution in [-0.2, 0) is 13.1 Å². The molecule has 0 amide bonds. The highest BCUT2D eigenvalue weighted by Gasteiger charge is 2.48. The van der Waals surface area contributed by atoms with Crippen molar-refractivity contribution in [3.63, 3.8) is 0 Å². The number of alkyl halides is 3. The highest BCUT2D eigenvalue weighted by molar-refractivity contribution is 5.15. The van der Waals surface area contributed by atoms with Crippen molar-refractivity contribution in [1.29, 1.82) is 0 Å². The van der Waals surface area contributed by atoms with Crippen LogP contribution in [0, 0.1) is 0 Å². The Hall–Kier alpha value is -1.93. The van der Waals surface area contributed by atoms with E-state index in [1.54, 1.807) is 9.80 Å². The van der Waals surface area contributed by atoms with Crippen molar-refractivity contribution in [1.82, 2.24) is 19.6 Å². The van der Waals surface area contributed by atoms with Gasteiger partial charge in [-0.2, -0.15) is 13.2 Å². The van der Waals surface area contributed by atoms with Gasteiger partial charge in [0.15, 0.2) is 6.17 Å². The van der Waals surface area contributed by atoms with Gasteiger partial charge in [0.2, 0.25) is 0 Å². The highest BCUT2D eigenvalue weighted by Crippen LogP contribution is 2.29. The summed E-state index contributed by atoms with van der Waals surface area (Å²) >= 11 is 0. The molecule has 2 fully saturated rings. The van der Waals surface area contributed by atoms with Crippen LogP contribution in [0.15, 0.2) is 60.7 Å². The van der Waals surface area contributed by atoms with Crippen LogP contribution < -0.4 is 0 Å². The van der Waals surface area contributed by atoms with Crippen molar-refractivity contribution >= 4 is 0 Å². The molecule has 0 unspecified atom stereocenters. The van der Waals surface area contributed by atoms with Gasteiger partial charge in [0, 0.05) is 65.4 Å². The predicted molar refractivity (Wildman–Crippen MR) is 116 cm³/mol. The number of piperazine rings is 2. The second kappa shape index (κ2) is 10.1. The van der Waals surface area contributed by atoms with Gasteiger partial charge in [0.25, 0.3) is 0 Å². The lowest BCUT2D eigenvalue weighted by molar-refractivity contribution is -0.233. The van der Waals surface area contributed by atoms with Crippen LogP contribution in [0.4, 0.5) is 13.2 Å². The van der Waals surface area contributed by atoms with Gasteiger partial charge in [-0.15, -0.1) is 0 Å². The molecule has 2 aliphatic rings. The fourth-order valence-electron chi connectivity index (χ4n) is 4.66. The van der Waals surface area contributed by atoms with E-state index in [0.717, 1.165) is 13.1 Å². The van der Waals surface area contributed by atoms with Crippen molar-refractivity contribution in [3.8, 4) is 0 Å². The van der Waals surface area contributed by atoms with Gasteiger partial charge in [0.1, 0.15) is 0 Å². The number of benzene rings is 2. The largest absolute Gasteiger partial charge is 0.417 e. The second-order valence-electron chi connectivity index (χ2n) is 8.51.